The molecule has 0 saturated carbocycles. The molecule has 0 unspecified atom stereocenters. The van der Waals surface area contributed by atoms with Crippen LogP contribution in [0.1, 0.15) is 0 Å². The Balaban J connectivity index is 1.95. The Morgan fingerprint density at radius 2 is 2.53 bits per heavy atom. The number of ether oxygens (including phenoxy) is 1. The molecule has 90 valence electrons. The van der Waals surface area contributed by atoms with Crippen LogP contribution in [0, 0.1) is 0 Å². The first kappa shape index (κ1) is 11.3. The van der Waals surface area contributed by atoms with Gasteiger partial charge in [0, 0.05) is 12.6 Å². The molecule has 0 aliphatic heterocycles. The molecule has 0 aromatic carbocycles. The fourth-order valence-corrected chi connectivity index (χ4v) is 1.32. The molecule has 0 saturated heterocycles. The standard InChI is InChI=1S/C10H13N5O2/c1-2-4-17-5-3-11-8-6-9-13-14-10(16)15(9)7-12-8/h2,6-7,11H,1,3-5H2,(H,14,16). The Kier molecular flexibility index (Phi) is 3.51. The molecule has 0 radical (unpaired) electrons. The minimum atomic E-state index is -0.298. The van der Waals surface area contributed by atoms with E-state index < -0.39 is 0 Å². The van der Waals surface area contributed by atoms with Gasteiger partial charge >= 0.3 is 5.69 Å². The van der Waals surface area contributed by atoms with Gasteiger partial charge in [0.15, 0.2) is 5.65 Å². The molecule has 17 heavy (non-hydrogen) atoms. The summed E-state index contributed by atoms with van der Waals surface area (Å²) in [6.07, 6.45) is 3.12. The number of rotatable bonds is 6. The summed E-state index contributed by atoms with van der Waals surface area (Å²) in [5.74, 6) is 0.652. The van der Waals surface area contributed by atoms with Gasteiger partial charge in [-0.2, -0.15) is 5.10 Å². The van der Waals surface area contributed by atoms with E-state index in [0.29, 0.717) is 31.2 Å². The summed E-state index contributed by atoms with van der Waals surface area (Å²) < 4.78 is 6.54. The van der Waals surface area contributed by atoms with Crippen LogP contribution >= 0.6 is 0 Å². The number of fused-ring (bicyclic) bond motifs is 1. The molecular weight excluding hydrogens is 222 g/mol. The molecule has 0 aliphatic rings. The fraction of sp³-hybridized carbons (Fsp3) is 0.300. The van der Waals surface area contributed by atoms with Gasteiger partial charge in [-0.1, -0.05) is 6.08 Å². The quantitative estimate of drug-likeness (QED) is 0.545. The van der Waals surface area contributed by atoms with Gasteiger partial charge in [-0.15, -0.1) is 6.58 Å². The Morgan fingerprint density at radius 3 is 3.35 bits per heavy atom. The number of aromatic nitrogens is 4. The third kappa shape index (κ3) is 2.70. The fourth-order valence-electron chi connectivity index (χ4n) is 1.32. The highest BCUT2D eigenvalue weighted by molar-refractivity contribution is 5.48. The number of aromatic amines is 1. The number of nitrogens with zero attached hydrogens (tertiary/aromatic N) is 3. The van der Waals surface area contributed by atoms with Crippen molar-refractivity contribution in [1.29, 1.82) is 0 Å². The monoisotopic (exact) mass is 235 g/mol. The zero-order valence-corrected chi connectivity index (χ0v) is 9.22. The van der Waals surface area contributed by atoms with Crippen LogP contribution in [0.2, 0.25) is 0 Å². The maximum Gasteiger partial charge on any atom is 0.348 e. The van der Waals surface area contributed by atoms with E-state index in [1.54, 1.807) is 12.1 Å². The molecule has 7 nitrogen and oxygen atoms in total. The van der Waals surface area contributed by atoms with Crippen molar-refractivity contribution >= 4 is 11.5 Å². The topological polar surface area (TPSA) is 84.3 Å². The second-order valence-electron chi connectivity index (χ2n) is 3.32. The lowest BCUT2D eigenvalue weighted by Gasteiger charge is -2.05. The first-order valence-electron chi connectivity index (χ1n) is 5.16. The van der Waals surface area contributed by atoms with Crippen molar-refractivity contribution in [3.63, 3.8) is 0 Å². The van der Waals surface area contributed by atoms with Crippen LogP contribution in [0.25, 0.3) is 5.65 Å². The number of anilines is 1. The predicted octanol–water partition coefficient (Wildman–Crippen LogP) is 0.0321. The summed E-state index contributed by atoms with van der Waals surface area (Å²) >= 11 is 0. The minimum absolute atomic E-state index is 0.298. The summed E-state index contributed by atoms with van der Waals surface area (Å²) in [7, 11) is 0. The summed E-state index contributed by atoms with van der Waals surface area (Å²) in [6, 6.07) is 1.69. The van der Waals surface area contributed by atoms with Gasteiger partial charge in [0.1, 0.15) is 12.1 Å². The van der Waals surface area contributed by atoms with E-state index in [9.17, 15) is 4.79 Å². The van der Waals surface area contributed by atoms with Gasteiger partial charge in [-0.05, 0) is 0 Å². The summed E-state index contributed by atoms with van der Waals surface area (Å²) in [6.45, 7) is 5.27. The maximum absolute atomic E-state index is 11.2. The molecule has 0 aliphatic carbocycles. The zero-order valence-electron chi connectivity index (χ0n) is 9.22. The van der Waals surface area contributed by atoms with Gasteiger partial charge in [0.05, 0.1) is 13.2 Å². The van der Waals surface area contributed by atoms with Gasteiger partial charge < -0.3 is 10.1 Å². The first-order valence-corrected chi connectivity index (χ1v) is 5.16. The number of H-pyrrole nitrogens is 1. The smallest absolute Gasteiger partial charge is 0.348 e. The Labute approximate surface area is 97.1 Å². The van der Waals surface area contributed by atoms with Crippen molar-refractivity contribution in [3.05, 3.63) is 35.5 Å². The highest BCUT2D eigenvalue weighted by Crippen LogP contribution is 2.03. The molecule has 0 atom stereocenters. The number of hydrogen-bond donors (Lipinski definition) is 2. The lowest BCUT2D eigenvalue weighted by Crippen LogP contribution is -2.12. The molecule has 7 heteroatoms. The molecule has 2 aromatic rings. The van der Waals surface area contributed by atoms with E-state index >= 15 is 0 Å². The normalized spacial score (nSPS) is 10.6. The molecule has 2 rings (SSSR count). The number of nitrogens with one attached hydrogen (secondary N) is 2. The van der Waals surface area contributed by atoms with E-state index in [2.05, 4.69) is 27.1 Å². The molecule has 0 bridgehead atoms. The lowest BCUT2D eigenvalue weighted by atomic mass is 10.5. The summed E-state index contributed by atoms with van der Waals surface area (Å²) in [5.41, 5.74) is 0.230. The van der Waals surface area contributed by atoms with Gasteiger partial charge in [0.2, 0.25) is 0 Å². The predicted molar refractivity (Wildman–Crippen MR) is 63.1 cm³/mol. The molecule has 2 N–H and O–H groups in total. The van der Waals surface area contributed by atoms with Gasteiger partial charge in [-0.3, -0.25) is 0 Å². The number of hydrogen-bond acceptors (Lipinski definition) is 5. The molecule has 0 amide bonds. The Bertz CT molecular complexity index is 559. The van der Waals surface area contributed by atoms with Crippen LogP contribution in [-0.2, 0) is 4.74 Å². The van der Waals surface area contributed by atoms with Crippen LogP contribution < -0.4 is 11.0 Å². The SMILES string of the molecule is C=CCOCCNc1cc2n[nH]c(=O)n2cn1. The van der Waals surface area contributed by atoms with E-state index in [1.165, 1.54) is 10.7 Å². The average Bonchev–Trinajstić information content (AvgIpc) is 2.71. The van der Waals surface area contributed by atoms with E-state index in [1.807, 2.05) is 0 Å². The van der Waals surface area contributed by atoms with Crippen LogP contribution in [-0.4, -0.2) is 39.3 Å². The summed E-state index contributed by atoms with van der Waals surface area (Å²) in [5, 5.41) is 9.24. The van der Waals surface area contributed by atoms with E-state index in [-0.39, 0.29) is 5.69 Å². The van der Waals surface area contributed by atoms with Crippen molar-refractivity contribution < 1.29 is 4.74 Å². The first-order chi connectivity index (χ1) is 8.31. The van der Waals surface area contributed by atoms with Gasteiger partial charge in [-0.25, -0.2) is 19.3 Å². The van der Waals surface area contributed by atoms with E-state index in [0.717, 1.165) is 0 Å². The lowest BCUT2D eigenvalue weighted by molar-refractivity contribution is 0.173. The van der Waals surface area contributed by atoms with Crippen molar-refractivity contribution in [2.45, 2.75) is 0 Å². The van der Waals surface area contributed by atoms with Crippen molar-refractivity contribution in [1.82, 2.24) is 19.6 Å². The van der Waals surface area contributed by atoms with Crippen LogP contribution in [0.15, 0.2) is 29.8 Å². The molecular formula is C10H13N5O2. The Morgan fingerprint density at radius 1 is 1.65 bits per heavy atom. The van der Waals surface area contributed by atoms with Crippen molar-refractivity contribution in [3.8, 4) is 0 Å². The molecule has 2 aromatic heterocycles. The zero-order chi connectivity index (χ0) is 12.1. The average molecular weight is 235 g/mol. The third-order valence-corrected chi connectivity index (χ3v) is 2.10. The highest BCUT2D eigenvalue weighted by atomic mass is 16.5. The second kappa shape index (κ2) is 5.26. The van der Waals surface area contributed by atoms with E-state index in [4.69, 9.17) is 4.74 Å². The highest BCUT2D eigenvalue weighted by Gasteiger charge is 2.01. The molecule has 0 fully saturated rings. The minimum Gasteiger partial charge on any atom is -0.376 e. The third-order valence-electron chi connectivity index (χ3n) is 2.10. The molecule has 0 spiro atoms. The van der Waals surface area contributed by atoms with Crippen molar-refractivity contribution in [2.75, 3.05) is 25.1 Å². The second-order valence-corrected chi connectivity index (χ2v) is 3.32. The van der Waals surface area contributed by atoms with Crippen LogP contribution in [0.5, 0.6) is 0 Å². The maximum atomic E-state index is 11.2. The van der Waals surface area contributed by atoms with Gasteiger partial charge in [0.25, 0.3) is 0 Å². The largest absolute Gasteiger partial charge is 0.376 e. The Hall–Kier alpha value is -2.15. The van der Waals surface area contributed by atoms with Crippen LogP contribution in [0.3, 0.4) is 0 Å². The van der Waals surface area contributed by atoms with Crippen LogP contribution in [0.4, 0.5) is 5.82 Å². The van der Waals surface area contributed by atoms with Crippen molar-refractivity contribution in [2.24, 2.45) is 0 Å². The molecule has 2 heterocycles. The summed E-state index contributed by atoms with van der Waals surface area (Å²) in [4.78, 5) is 15.3.